The zero-order valence-corrected chi connectivity index (χ0v) is 25.9. The average Bonchev–Trinajstić information content (AvgIpc) is 3.38. The molecule has 5 rings (SSSR count). The fourth-order valence-corrected chi connectivity index (χ4v) is 7.65. The van der Waals surface area contributed by atoms with Crippen LogP contribution in [0.25, 0.3) is 0 Å². The summed E-state index contributed by atoms with van der Waals surface area (Å²) in [6.45, 7) is 4.69. The number of sulfonamides is 1. The molecule has 206 valence electrons. The lowest BCUT2D eigenvalue weighted by molar-refractivity contribution is -0.130. The first kappa shape index (κ1) is 30.6. The SMILES string of the molecule is C#C.CC(=O)N1CCC(C2c3ncc(Br)cc3CCc3cc(O)cc(Br)c32)CC1.CS(=O)(=O)N1CCCC1. The van der Waals surface area contributed by atoms with Crippen LogP contribution in [0.2, 0.25) is 0 Å². The van der Waals surface area contributed by atoms with Gasteiger partial charge in [-0.05, 0) is 95.3 Å². The summed E-state index contributed by atoms with van der Waals surface area (Å²) < 4.78 is 25.0. The lowest BCUT2D eigenvalue weighted by atomic mass is 9.76. The van der Waals surface area contributed by atoms with E-state index in [1.165, 1.54) is 27.3 Å². The molecule has 1 aromatic carbocycles. The van der Waals surface area contributed by atoms with Crippen LogP contribution in [0.4, 0.5) is 0 Å². The Morgan fingerprint density at radius 3 is 2.18 bits per heavy atom. The second-order valence-electron chi connectivity index (χ2n) is 9.89. The molecule has 2 aromatic rings. The van der Waals surface area contributed by atoms with Gasteiger partial charge in [-0.3, -0.25) is 9.78 Å². The van der Waals surface area contributed by atoms with E-state index in [1.54, 1.807) is 13.0 Å². The van der Waals surface area contributed by atoms with Crippen molar-refractivity contribution < 1.29 is 18.3 Å². The van der Waals surface area contributed by atoms with Crippen LogP contribution < -0.4 is 0 Å². The highest BCUT2D eigenvalue weighted by molar-refractivity contribution is 9.10. The topological polar surface area (TPSA) is 90.8 Å². The predicted molar refractivity (Wildman–Crippen MR) is 158 cm³/mol. The van der Waals surface area contributed by atoms with Crippen LogP contribution in [-0.4, -0.2) is 66.1 Å². The summed E-state index contributed by atoms with van der Waals surface area (Å²) in [5.41, 5.74) is 4.85. The number of aromatic hydroxyl groups is 1. The van der Waals surface area contributed by atoms with Crippen molar-refractivity contribution in [3.8, 4) is 18.6 Å². The minimum atomic E-state index is -2.87. The second-order valence-corrected chi connectivity index (χ2v) is 13.6. The lowest BCUT2D eigenvalue weighted by Crippen LogP contribution is -2.39. The number of hydrogen-bond donors (Lipinski definition) is 1. The van der Waals surface area contributed by atoms with Gasteiger partial charge in [-0.25, -0.2) is 12.7 Å². The molecular formula is C28H35Br2N3O4S. The van der Waals surface area contributed by atoms with Gasteiger partial charge < -0.3 is 10.0 Å². The third-order valence-electron chi connectivity index (χ3n) is 7.43. The van der Waals surface area contributed by atoms with Gasteiger partial charge >= 0.3 is 0 Å². The first-order valence-electron chi connectivity index (χ1n) is 12.7. The van der Waals surface area contributed by atoms with Gasteiger partial charge in [-0.1, -0.05) is 15.9 Å². The Morgan fingerprint density at radius 1 is 1.03 bits per heavy atom. The van der Waals surface area contributed by atoms with Crippen molar-refractivity contribution in [3.63, 3.8) is 0 Å². The number of terminal acetylenes is 1. The molecule has 2 aliphatic heterocycles. The van der Waals surface area contributed by atoms with E-state index >= 15 is 0 Å². The molecule has 10 heteroatoms. The number of aryl methyl sites for hydroxylation is 2. The van der Waals surface area contributed by atoms with Gasteiger partial charge in [0, 0.05) is 54.2 Å². The van der Waals surface area contributed by atoms with Crippen LogP contribution in [0.15, 0.2) is 33.3 Å². The number of benzene rings is 1. The van der Waals surface area contributed by atoms with Gasteiger partial charge in [0.15, 0.2) is 0 Å². The maximum atomic E-state index is 11.7. The number of fused-ring (bicyclic) bond motifs is 2. The van der Waals surface area contributed by atoms with E-state index in [0.717, 1.165) is 79.3 Å². The molecule has 0 saturated carbocycles. The van der Waals surface area contributed by atoms with Crippen molar-refractivity contribution in [3.05, 3.63) is 55.7 Å². The number of halogens is 2. The highest BCUT2D eigenvalue weighted by Gasteiger charge is 2.36. The molecule has 0 spiro atoms. The summed E-state index contributed by atoms with van der Waals surface area (Å²) in [5, 5.41) is 10.1. The third-order valence-corrected chi connectivity index (χ3v) is 9.82. The fraction of sp³-hybridized carbons (Fsp3) is 0.500. The van der Waals surface area contributed by atoms with Crippen LogP contribution in [0.5, 0.6) is 5.75 Å². The smallest absolute Gasteiger partial charge is 0.219 e. The number of carbonyl (C=O) groups excluding carboxylic acids is 1. The van der Waals surface area contributed by atoms with Crippen molar-refractivity contribution in [1.29, 1.82) is 0 Å². The fourth-order valence-electron chi connectivity index (χ4n) is 5.62. The molecule has 1 unspecified atom stereocenters. The molecule has 3 heterocycles. The molecule has 1 atom stereocenters. The van der Waals surface area contributed by atoms with Gasteiger partial charge in [-0.2, -0.15) is 0 Å². The van der Waals surface area contributed by atoms with E-state index in [4.69, 9.17) is 4.98 Å². The minimum Gasteiger partial charge on any atom is -0.508 e. The summed E-state index contributed by atoms with van der Waals surface area (Å²) in [5.74, 6) is 1.05. The minimum absolute atomic E-state index is 0.156. The highest BCUT2D eigenvalue weighted by atomic mass is 79.9. The third kappa shape index (κ3) is 7.38. The van der Waals surface area contributed by atoms with Crippen LogP contribution in [0.1, 0.15) is 60.9 Å². The van der Waals surface area contributed by atoms with E-state index in [1.807, 2.05) is 17.2 Å². The first-order chi connectivity index (χ1) is 18.0. The molecular weight excluding hydrogens is 634 g/mol. The van der Waals surface area contributed by atoms with Crippen LogP contribution in [0, 0.1) is 18.8 Å². The normalized spacial score (nSPS) is 19.6. The Morgan fingerprint density at radius 2 is 1.63 bits per heavy atom. The van der Waals surface area contributed by atoms with Gasteiger partial charge in [0.1, 0.15) is 5.75 Å². The predicted octanol–water partition coefficient (Wildman–Crippen LogP) is 5.09. The number of hydrogen-bond acceptors (Lipinski definition) is 5. The second kappa shape index (κ2) is 13.4. The number of likely N-dealkylation sites (tertiary alicyclic amines) is 1. The molecule has 1 N–H and O–H groups in total. The van der Waals surface area contributed by atoms with E-state index in [0.29, 0.717) is 11.7 Å². The van der Waals surface area contributed by atoms with Gasteiger partial charge in [0.2, 0.25) is 15.9 Å². The Balaban J connectivity index is 0.000000307. The molecule has 0 radical (unpaired) electrons. The molecule has 1 aliphatic carbocycles. The quantitative estimate of drug-likeness (QED) is 0.450. The zero-order valence-electron chi connectivity index (χ0n) is 21.9. The van der Waals surface area contributed by atoms with Crippen molar-refractivity contribution in [2.45, 2.75) is 51.4 Å². The Kier molecular flexibility index (Phi) is 10.8. The summed E-state index contributed by atoms with van der Waals surface area (Å²) in [6.07, 6.45) is 16.9. The molecule has 1 amide bonds. The Bertz CT molecular complexity index is 1270. The summed E-state index contributed by atoms with van der Waals surface area (Å²) >= 11 is 7.28. The number of piperidine rings is 1. The number of aromatic nitrogens is 1. The van der Waals surface area contributed by atoms with Crippen molar-refractivity contribution in [2.75, 3.05) is 32.4 Å². The summed E-state index contributed by atoms with van der Waals surface area (Å²) in [4.78, 5) is 18.5. The van der Waals surface area contributed by atoms with Gasteiger partial charge in [-0.15, -0.1) is 12.8 Å². The molecule has 1 aromatic heterocycles. The molecule has 2 fully saturated rings. The molecule has 3 aliphatic rings. The van der Waals surface area contributed by atoms with Crippen LogP contribution in [-0.2, 0) is 27.7 Å². The molecule has 2 saturated heterocycles. The highest BCUT2D eigenvalue weighted by Crippen LogP contribution is 2.46. The van der Waals surface area contributed by atoms with Crippen LogP contribution >= 0.6 is 31.9 Å². The van der Waals surface area contributed by atoms with E-state index in [9.17, 15) is 18.3 Å². The number of phenolic OH excluding ortho intramolecular Hbond substituents is 1. The first-order valence-corrected chi connectivity index (χ1v) is 16.2. The summed E-state index contributed by atoms with van der Waals surface area (Å²) in [7, 11) is -2.87. The number of nitrogens with zero attached hydrogens (tertiary/aromatic N) is 3. The monoisotopic (exact) mass is 667 g/mol. The summed E-state index contributed by atoms with van der Waals surface area (Å²) in [6, 6.07) is 5.87. The largest absolute Gasteiger partial charge is 0.508 e. The van der Waals surface area contributed by atoms with Crippen LogP contribution in [0.3, 0.4) is 0 Å². The molecule has 7 nitrogen and oxygen atoms in total. The van der Waals surface area contributed by atoms with E-state index in [2.05, 4.69) is 50.8 Å². The Hall–Kier alpha value is -1.93. The number of phenols is 1. The van der Waals surface area contributed by atoms with E-state index in [-0.39, 0.29) is 11.8 Å². The van der Waals surface area contributed by atoms with Crippen molar-refractivity contribution in [1.82, 2.24) is 14.2 Å². The number of rotatable bonds is 2. The number of carbonyl (C=O) groups is 1. The zero-order chi connectivity index (χ0) is 28.0. The Labute approximate surface area is 243 Å². The maximum Gasteiger partial charge on any atom is 0.219 e. The molecule has 38 heavy (non-hydrogen) atoms. The van der Waals surface area contributed by atoms with Gasteiger partial charge in [0.05, 0.1) is 11.9 Å². The van der Waals surface area contributed by atoms with Crippen molar-refractivity contribution >= 4 is 47.8 Å². The lowest BCUT2D eigenvalue weighted by Gasteiger charge is -2.36. The van der Waals surface area contributed by atoms with E-state index < -0.39 is 10.0 Å². The van der Waals surface area contributed by atoms with Crippen molar-refractivity contribution in [2.24, 2.45) is 5.92 Å². The number of amides is 1. The van der Waals surface area contributed by atoms with Gasteiger partial charge in [0.25, 0.3) is 0 Å². The molecule has 0 bridgehead atoms. The number of pyridine rings is 1. The standard InChI is InChI=1S/C21H22Br2N2O2.C5H11NO2S.C2H2/c1-12(26)25-6-4-13(5-7-25)20-19-14(9-17(27)10-18(19)23)2-3-15-8-16(22)11-24-21(15)20;1-9(7,8)6-4-2-3-5-6;1-2/h8-11,13,20,27H,2-7H2,1H3;2-5H2,1H3;1-2H. The maximum absolute atomic E-state index is 11.7. The average molecular weight is 669 g/mol.